The molecule has 1 aliphatic rings. The van der Waals surface area contributed by atoms with Crippen LogP contribution < -0.4 is 29.0 Å². The van der Waals surface area contributed by atoms with Gasteiger partial charge in [-0.2, -0.15) is 0 Å². The number of methoxy groups -OCH3 is 3. The van der Waals surface area contributed by atoms with E-state index in [1.54, 1.807) is 30.3 Å². The van der Waals surface area contributed by atoms with Crippen LogP contribution in [0.15, 0.2) is 34.7 Å². The van der Waals surface area contributed by atoms with Crippen molar-refractivity contribution in [1.29, 1.82) is 0 Å². The number of amides is 1. The topological polar surface area (TPSA) is 114 Å². The zero-order valence-electron chi connectivity index (χ0n) is 16.6. The monoisotopic (exact) mass is 413 g/mol. The van der Waals surface area contributed by atoms with Crippen LogP contribution in [0.2, 0.25) is 0 Å². The molecule has 0 bridgehead atoms. The van der Waals surface area contributed by atoms with E-state index < -0.39 is 5.91 Å². The van der Waals surface area contributed by atoms with E-state index in [0.717, 1.165) is 0 Å². The number of nitrogens with one attached hydrogen (secondary N) is 1. The molecule has 10 nitrogen and oxygen atoms in total. The van der Waals surface area contributed by atoms with Crippen LogP contribution in [0.1, 0.15) is 10.4 Å². The largest absolute Gasteiger partial charge is 0.493 e. The minimum absolute atomic E-state index is 0.0568. The third-order valence-electron chi connectivity index (χ3n) is 4.36. The fourth-order valence-corrected chi connectivity index (χ4v) is 2.95. The molecule has 2 heterocycles. The summed E-state index contributed by atoms with van der Waals surface area (Å²) in [6.45, 7) is 0.907. The van der Waals surface area contributed by atoms with Crippen LogP contribution in [0, 0.1) is 0 Å². The Bertz CT molecular complexity index is 1060. The molecule has 30 heavy (non-hydrogen) atoms. The molecule has 0 saturated carbocycles. The number of carbonyl (C=O) groups is 1. The van der Waals surface area contributed by atoms with E-state index >= 15 is 0 Å². The molecule has 1 aliphatic heterocycles. The van der Waals surface area contributed by atoms with E-state index in [9.17, 15) is 4.79 Å². The Morgan fingerprint density at radius 3 is 2.30 bits per heavy atom. The van der Waals surface area contributed by atoms with Gasteiger partial charge in [0.15, 0.2) is 23.0 Å². The zero-order valence-corrected chi connectivity index (χ0v) is 16.6. The quantitative estimate of drug-likeness (QED) is 0.651. The van der Waals surface area contributed by atoms with E-state index in [1.807, 2.05) is 0 Å². The molecule has 4 rings (SSSR count). The maximum absolute atomic E-state index is 12.5. The Morgan fingerprint density at radius 2 is 1.63 bits per heavy atom. The molecule has 1 N–H and O–H groups in total. The van der Waals surface area contributed by atoms with Crippen LogP contribution in [0.3, 0.4) is 0 Å². The molecule has 0 spiro atoms. The van der Waals surface area contributed by atoms with Crippen LogP contribution in [0.5, 0.6) is 28.7 Å². The standard InChI is InChI=1S/C20H19N3O7/c1-25-15-9-12(10-16(26-2)17(15)27-3)19-22-23-20(30-19)21-18(24)11-4-5-13-14(8-11)29-7-6-28-13/h4-5,8-10H,6-7H2,1-3H3,(H,21,23,24). The number of carbonyl (C=O) groups excluding carboxylic acids is 1. The maximum Gasteiger partial charge on any atom is 0.322 e. The first-order valence-corrected chi connectivity index (χ1v) is 8.98. The van der Waals surface area contributed by atoms with Crippen molar-refractivity contribution < 1.29 is 32.9 Å². The number of rotatable bonds is 6. The third-order valence-corrected chi connectivity index (χ3v) is 4.36. The molecule has 1 aromatic heterocycles. The molecule has 0 unspecified atom stereocenters. The number of hydrogen-bond donors (Lipinski definition) is 1. The normalized spacial score (nSPS) is 12.2. The zero-order chi connectivity index (χ0) is 21.1. The molecule has 2 aromatic carbocycles. The van der Waals surface area contributed by atoms with E-state index in [-0.39, 0.29) is 11.9 Å². The number of anilines is 1. The average molecular weight is 413 g/mol. The molecule has 0 atom stereocenters. The highest BCUT2D eigenvalue weighted by Crippen LogP contribution is 2.41. The molecule has 1 amide bonds. The van der Waals surface area contributed by atoms with Gasteiger partial charge in [0, 0.05) is 11.1 Å². The van der Waals surface area contributed by atoms with Crippen molar-refractivity contribution in [3.8, 4) is 40.2 Å². The minimum atomic E-state index is -0.424. The van der Waals surface area contributed by atoms with E-state index in [0.29, 0.717) is 53.1 Å². The third kappa shape index (κ3) is 3.66. The van der Waals surface area contributed by atoms with Crippen molar-refractivity contribution in [3.63, 3.8) is 0 Å². The van der Waals surface area contributed by atoms with Gasteiger partial charge in [0.2, 0.25) is 11.6 Å². The molecule has 0 fully saturated rings. The van der Waals surface area contributed by atoms with Crippen LogP contribution in [0.4, 0.5) is 6.01 Å². The van der Waals surface area contributed by atoms with Crippen LogP contribution >= 0.6 is 0 Å². The van der Waals surface area contributed by atoms with Gasteiger partial charge in [-0.1, -0.05) is 5.10 Å². The van der Waals surface area contributed by atoms with Crippen molar-refractivity contribution in [3.05, 3.63) is 35.9 Å². The number of fused-ring (bicyclic) bond motifs is 1. The number of ether oxygens (including phenoxy) is 5. The molecular formula is C20H19N3O7. The lowest BCUT2D eigenvalue weighted by Crippen LogP contribution is -2.17. The summed E-state index contributed by atoms with van der Waals surface area (Å²) in [4.78, 5) is 12.5. The van der Waals surface area contributed by atoms with Gasteiger partial charge in [-0.15, -0.1) is 5.10 Å². The Labute approximate surface area is 171 Å². The van der Waals surface area contributed by atoms with Gasteiger partial charge >= 0.3 is 6.01 Å². The second kappa shape index (κ2) is 8.19. The molecule has 3 aromatic rings. The van der Waals surface area contributed by atoms with Gasteiger partial charge in [0.05, 0.1) is 21.3 Å². The molecule has 0 radical (unpaired) electrons. The van der Waals surface area contributed by atoms with Gasteiger partial charge < -0.3 is 28.1 Å². The lowest BCUT2D eigenvalue weighted by molar-refractivity contribution is 0.102. The average Bonchev–Trinajstić information content (AvgIpc) is 3.26. The molecule has 10 heteroatoms. The molecule has 0 saturated heterocycles. The van der Waals surface area contributed by atoms with E-state index in [1.165, 1.54) is 21.3 Å². The van der Waals surface area contributed by atoms with Crippen molar-refractivity contribution in [2.24, 2.45) is 0 Å². The lowest BCUT2D eigenvalue weighted by atomic mass is 10.2. The van der Waals surface area contributed by atoms with Gasteiger partial charge in [-0.3, -0.25) is 10.1 Å². The fourth-order valence-electron chi connectivity index (χ4n) is 2.95. The summed E-state index contributed by atoms with van der Waals surface area (Å²) in [5, 5.41) is 10.4. The summed E-state index contributed by atoms with van der Waals surface area (Å²) in [6, 6.07) is 8.18. The Balaban J connectivity index is 1.55. The van der Waals surface area contributed by atoms with Crippen LogP contribution in [-0.2, 0) is 0 Å². The highest BCUT2D eigenvalue weighted by molar-refractivity contribution is 6.03. The number of aromatic nitrogens is 2. The summed E-state index contributed by atoms with van der Waals surface area (Å²) in [5.74, 6) is 2.17. The summed E-state index contributed by atoms with van der Waals surface area (Å²) >= 11 is 0. The second-order valence-corrected chi connectivity index (χ2v) is 6.14. The molecule has 0 aliphatic carbocycles. The van der Waals surface area contributed by atoms with Gasteiger partial charge in [0.1, 0.15) is 13.2 Å². The highest BCUT2D eigenvalue weighted by atomic mass is 16.6. The van der Waals surface area contributed by atoms with Gasteiger partial charge in [0.25, 0.3) is 5.91 Å². The Kier molecular flexibility index (Phi) is 5.29. The first-order valence-electron chi connectivity index (χ1n) is 8.98. The number of nitrogens with zero attached hydrogens (tertiary/aromatic N) is 2. The van der Waals surface area contributed by atoms with Crippen LogP contribution in [0.25, 0.3) is 11.5 Å². The Hall–Kier alpha value is -3.95. The number of hydrogen-bond acceptors (Lipinski definition) is 9. The van der Waals surface area contributed by atoms with Crippen molar-refractivity contribution in [2.75, 3.05) is 39.9 Å². The second-order valence-electron chi connectivity index (χ2n) is 6.14. The summed E-state index contributed by atoms with van der Waals surface area (Å²) in [5.41, 5.74) is 0.906. The summed E-state index contributed by atoms with van der Waals surface area (Å²) in [7, 11) is 4.53. The first kappa shape index (κ1) is 19.4. The SMILES string of the molecule is COc1cc(-c2nnc(NC(=O)c3ccc4c(c3)OCCO4)o2)cc(OC)c1OC. The van der Waals surface area contributed by atoms with Gasteiger partial charge in [-0.05, 0) is 30.3 Å². The predicted octanol–water partition coefficient (Wildman–Crippen LogP) is 2.79. The summed E-state index contributed by atoms with van der Waals surface area (Å²) < 4.78 is 32.5. The van der Waals surface area contributed by atoms with Crippen LogP contribution in [-0.4, -0.2) is 50.6 Å². The first-order chi connectivity index (χ1) is 14.6. The number of benzene rings is 2. The lowest BCUT2D eigenvalue weighted by Gasteiger charge is -2.18. The van der Waals surface area contributed by atoms with Crippen molar-refractivity contribution >= 4 is 11.9 Å². The molecule has 156 valence electrons. The predicted molar refractivity (Wildman–Crippen MR) is 105 cm³/mol. The minimum Gasteiger partial charge on any atom is -0.493 e. The smallest absolute Gasteiger partial charge is 0.322 e. The van der Waals surface area contributed by atoms with E-state index in [2.05, 4.69) is 15.5 Å². The summed E-state index contributed by atoms with van der Waals surface area (Å²) in [6.07, 6.45) is 0. The van der Waals surface area contributed by atoms with Crippen molar-refractivity contribution in [2.45, 2.75) is 0 Å². The Morgan fingerprint density at radius 1 is 0.933 bits per heavy atom. The van der Waals surface area contributed by atoms with E-state index in [4.69, 9.17) is 28.1 Å². The fraction of sp³-hybridized carbons (Fsp3) is 0.250. The maximum atomic E-state index is 12.5. The van der Waals surface area contributed by atoms with Gasteiger partial charge in [-0.25, -0.2) is 0 Å². The molecular weight excluding hydrogens is 394 g/mol. The highest BCUT2D eigenvalue weighted by Gasteiger charge is 2.20. The van der Waals surface area contributed by atoms with Crippen molar-refractivity contribution in [1.82, 2.24) is 10.2 Å².